The molecule has 1 aromatic carbocycles. The number of ether oxygens (including phenoxy) is 2. The second-order valence-electron chi connectivity index (χ2n) is 7.10. The number of epoxide rings is 1. The van der Waals surface area contributed by atoms with E-state index < -0.39 is 5.97 Å². The van der Waals surface area contributed by atoms with Crippen LogP contribution in [-0.4, -0.2) is 48.7 Å². The van der Waals surface area contributed by atoms with Crippen molar-refractivity contribution in [1.29, 1.82) is 0 Å². The molecule has 4 rings (SSSR count). The van der Waals surface area contributed by atoms with Crippen LogP contribution < -0.4 is 10.5 Å². The molecule has 2 aromatic rings. The lowest BCUT2D eigenvalue weighted by Crippen LogP contribution is -2.39. The number of benzene rings is 1. The van der Waals surface area contributed by atoms with Crippen LogP contribution in [0.4, 0.5) is 5.82 Å². The van der Waals surface area contributed by atoms with E-state index in [1.54, 1.807) is 30.3 Å². The number of anilines is 1. The fraction of sp³-hybridized carbons (Fsp3) is 0.450. The highest BCUT2D eigenvalue weighted by molar-refractivity contribution is 5.89. The van der Waals surface area contributed by atoms with Crippen molar-refractivity contribution in [3.63, 3.8) is 0 Å². The zero-order chi connectivity index (χ0) is 18.8. The average molecular weight is 369 g/mol. The third kappa shape index (κ3) is 4.03. The molecule has 27 heavy (non-hydrogen) atoms. The van der Waals surface area contributed by atoms with Crippen molar-refractivity contribution in [3.05, 3.63) is 57.9 Å². The van der Waals surface area contributed by atoms with Crippen molar-refractivity contribution in [2.75, 3.05) is 31.7 Å². The number of nitrogens with zero attached hydrogens (tertiary/aromatic N) is 3. The van der Waals surface area contributed by atoms with Crippen molar-refractivity contribution in [2.24, 2.45) is 5.92 Å². The van der Waals surface area contributed by atoms with E-state index in [0.717, 1.165) is 37.5 Å². The van der Waals surface area contributed by atoms with Crippen LogP contribution in [0.25, 0.3) is 0 Å². The van der Waals surface area contributed by atoms with Crippen LogP contribution in [0.1, 0.15) is 28.8 Å². The molecule has 2 unspecified atom stereocenters. The Bertz CT molecular complexity index is 891. The van der Waals surface area contributed by atoms with E-state index in [2.05, 4.69) is 10.00 Å². The summed E-state index contributed by atoms with van der Waals surface area (Å²) in [5.41, 5.74) is 1.12. The summed E-state index contributed by atoms with van der Waals surface area (Å²) >= 11 is 0. The van der Waals surface area contributed by atoms with Gasteiger partial charge in [0.1, 0.15) is 5.82 Å². The Morgan fingerprint density at radius 2 is 2.19 bits per heavy atom. The number of carbonyl (C=O) groups is 1. The Labute approximate surface area is 157 Å². The molecule has 0 amide bonds. The summed E-state index contributed by atoms with van der Waals surface area (Å²) in [5.74, 6) is 0.953. The lowest BCUT2D eigenvalue weighted by Gasteiger charge is -2.33. The molecule has 3 heterocycles. The van der Waals surface area contributed by atoms with Gasteiger partial charge in [-0.3, -0.25) is 4.79 Å². The van der Waals surface area contributed by atoms with Gasteiger partial charge in [0.2, 0.25) is 0 Å². The van der Waals surface area contributed by atoms with Gasteiger partial charge in [-0.1, -0.05) is 12.1 Å². The normalized spacial score (nSPS) is 21.7. The number of carbonyl (C=O) groups excluding carboxylic acids is 1. The molecule has 2 saturated heterocycles. The van der Waals surface area contributed by atoms with Crippen molar-refractivity contribution >= 4 is 11.8 Å². The molecule has 2 aliphatic rings. The van der Waals surface area contributed by atoms with E-state index in [0.29, 0.717) is 24.1 Å². The van der Waals surface area contributed by atoms with Gasteiger partial charge in [-0.15, -0.1) is 0 Å². The van der Waals surface area contributed by atoms with Crippen LogP contribution in [-0.2, 0) is 16.0 Å². The Hall–Kier alpha value is -2.67. The number of hydrogen-bond acceptors (Lipinski definition) is 6. The van der Waals surface area contributed by atoms with E-state index in [1.807, 2.05) is 6.07 Å². The fourth-order valence-electron chi connectivity index (χ4n) is 3.66. The molecular formula is C20H23N3O4. The lowest BCUT2D eigenvalue weighted by atomic mass is 9.95. The number of esters is 1. The zero-order valence-corrected chi connectivity index (χ0v) is 15.3. The van der Waals surface area contributed by atoms with Gasteiger partial charge in [0, 0.05) is 25.1 Å². The van der Waals surface area contributed by atoms with E-state index in [1.165, 1.54) is 18.2 Å². The maximum absolute atomic E-state index is 12.3. The van der Waals surface area contributed by atoms with E-state index in [4.69, 9.17) is 9.47 Å². The van der Waals surface area contributed by atoms with Crippen molar-refractivity contribution in [1.82, 2.24) is 9.78 Å². The van der Waals surface area contributed by atoms with Gasteiger partial charge in [0.05, 0.1) is 31.9 Å². The first-order valence-electron chi connectivity index (χ1n) is 9.26. The van der Waals surface area contributed by atoms with Gasteiger partial charge in [-0.05, 0) is 36.6 Å². The number of methoxy groups -OCH3 is 1. The largest absolute Gasteiger partial charge is 0.465 e. The molecule has 0 aliphatic carbocycles. The summed E-state index contributed by atoms with van der Waals surface area (Å²) in [7, 11) is 1.35. The van der Waals surface area contributed by atoms with Gasteiger partial charge in [-0.2, -0.15) is 5.10 Å². The highest BCUT2D eigenvalue weighted by Crippen LogP contribution is 2.30. The van der Waals surface area contributed by atoms with Crippen LogP contribution in [0.5, 0.6) is 0 Å². The third-order valence-corrected chi connectivity index (χ3v) is 5.20. The standard InChI is InChI=1S/C20H23N3O4/c1-26-20(25)15-5-2-4-14(10-15)11-23-19(24)8-7-18(21-23)22-9-3-6-16(12-22)17-13-27-17/h2,4-5,7-8,10,16-17H,3,6,9,11-13H2,1H3. The number of hydrogen-bond donors (Lipinski definition) is 0. The summed E-state index contributed by atoms with van der Waals surface area (Å²) in [6, 6.07) is 10.4. The van der Waals surface area contributed by atoms with Crippen LogP contribution in [0.3, 0.4) is 0 Å². The molecule has 2 fully saturated rings. The van der Waals surface area contributed by atoms with Crippen molar-refractivity contribution in [3.8, 4) is 0 Å². The molecule has 0 bridgehead atoms. The summed E-state index contributed by atoms with van der Waals surface area (Å²) in [6.07, 6.45) is 2.67. The minimum absolute atomic E-state index is 0.165. The summed E-state index contributed by atoms with van der Waals surface area (Å²) in [6.45, 7) is 3.02. The molecule has 7 nitrogen and oxygen atoms in total. The summed E-state index contributed by atoms with van der Waals surface area (Å²) in [5, 5.41) is 4.57. The molecule has 2 atom stereocenters. The third-order valence-electron chi connectivity index (χ3n) is 5.20. The molecule has 1 aromatic heterocycles. The van der Waals surface area contributed by atoms with Crippen LogP contribution in [0.2, 0.25) is 0 Å². The molecule has 2 aliphatic heterocycles. The van der Waals surface area contributed by atoms with E-state index in [9.17, 15) is 9.59 Å². The Morgan fingerprint density at radius 3 is 2.96 bits per heavy atom. The van der Waals surface area contributed by atoms with Crippen LogP contribution in [0.15, 0.2) is 41.2 Å². The van der Waals surface area contributed by atoms with Gasteiger partial charge in [-0.25, -0.2) is 9.48 Å². The van der Waals surface area contributed by atoms with E-state index in [-0.39, 0.29) is 5.56 Å². The first-order chi connectivity index (χ1) is 13.1. The van der Waals surface area contributed by atoms with Crippen LogP contribution >= 0.6 is 0 Å². The zero-order valence-electron chi connectivity index (χ0n) is 15.3. The molecule has 0 N–H and O–H groups in total. The highest BCUT2D eigenvalue weighted by Gasteiger charge is 2.35. The quantitative estimate of drug-likeness (QED) is 0.590. The van der Waals surface area contributed by atoms with Gasteiger partial charge in [0.25, 0.3) is 5.56 Å². The number of aromatic nitrogens is 2. The Kier molecular flexibility index (Phi) is 4.94. The predicted octanol–water partition coefficient (Wildman–Crippen LogP) is 1.69. The topological polar surface area (TPSA) is 77.0 Å². The molecule has 0 radical (unpaired) electrons. The van der Waals surface area contributed by atoms with E-state index >= 15 is 0 Å². The predicted molar refractivity (Wildman–Crippen MR) is 100 cm³/mol. The minimum Gasteiger partial charge on any atom is -0.465 e. The minimum atomic E-state index is -0.396. The Morgan fingerprint density at radius 1 is 1.33 bits per heavy atom. The first-order valence-corrected chi connectivity index (χ1v) is 9.26. The number of rotatable bonds is 5. The monoisotopic (exact) mass is 369 g/mol. The molecule has 142 valence electrons. The smallest absolute Gasteiger partial charge is 0.337 e. The van der Waals surface area contributed by atoms with Crippen molar-refractivity contribution in [2.45, 2.75) is 25.5 Å². The van der Waals surface area contributed by atoms with Crippen LogP contribution in [0, 0.1) is 5.92 Å². The summed E-state index contributed by atoms with van der Waals surface area (Å²) in [4.78, 5) is 26.2. The van der Waals surface area contributed by atoms with Crippen molar-refractivity contribution < 1.29 is 14.3 Å². The molecular weight excluding hydrogens is 346 g/mol. The highest BCUT2D eigenvalue weighted by atomic mass is 16.6. The summed E-state index contributed by atoms with van der Waals surface area (Å²) < 4.78 is 11.7. The lowest BCUT2D eigenvalue weighted by molar-refractivity contribution is 0.0600. The van der Waals surface area contributed by atoms with Gasteiger partial charge < -0.3 is 14.4 Å². The maximum atomic E-state index is 12.3. The molecule has 0 saturated carbocycles. The number of piperidine rings is 1. The van der Waals surface area contributed by atoms with Gasteiger partial charge >= 0.3 is 5.97 Å². The first kappa shape index (κ1) is 17.7. The van der Waals surface area contributed by atoms with Gasteiger partial charge in [0.15, 0.2) is 0 Å². The molecule has 0 spiro atoms. The Balaban J connectivity index is 1.54. The SMILES string of the molecule is COC(=O)c1cccc(Cn2nc(N3CCCC(C4CO4)C3)ccc2=O)c1. The fourth-order valence-corrected chi connectivity index (χ4v) is 3.66. The average Bonchev–Trinajstić information content (AvgIpc) is 3.55. The maximum Gasteiger partial charge on any atom is 0.337 e. The second kappa shape index (κ2) is 7.52. The molecule has 7 heteroatoms. The second-order valence-corrected chi connectivity index (χ2v) is 7.10.